The van der Waals surface area contributed by atoms with Gasteiger partial charge in [0.1, 0.15) is 0 Å². The van der Waals surface area contributed by atoms with Crippen molar-refractivity contribution in [1.29, 1.82) is 0 Å². The Kier molecular flexibility index (Phi) is 5.00. The number of hydrogen-bond donors (Lipinski definition) is 2. The Balaban J connectivity index is 1.47. The number of rotatable bonds is 4. The van der Waals surface area contributed by atoms with Crippen LogP contribution in [-0.2, 0) is 4.74 Å². The maximum Gasteiger partial charge on any atom is 0.0697 e. The van der Waals surface area contributed by atoms with E-state index in [-0.39, 0.29) is 5.60 Å². The highest BCUT2D eigenvalue weighted by Crippen LogP contribution is 2.39. The molecule has 1 spiro atoms. The van der Waals surface area contributed by atoms with Crippen molar-refractivity contribution in [3.63, 3.8) is 0 Å². The molecule has 20 heavy (non-hydrogen) atoms. The van der Waals surface area contributed by atoms with Gasteiger partial charge < -0.3 is 15.2 Å². The van der Waals surface area contributed by atoms with Gasteiger partial charge in [0.25, 0.3) is 0 Å². The molecule has 3 fully saturated rings. The van der Waals surface area contributed by atoms with Crippen molar-refractivity contribution in [2.75, 3.05) is 19.8 Å². The normalized spacial score (nSPS) is 37.4. The van der Waals surface area contributed by atoms with Crippen LogP contribution in [0, 0.1) is 11.8 Å². The molecule has 0 amide bonds. The van der Waals surface area contributed by atoms with E-state index in [1.54, 1.807) is 0 Å². The summed E-state index contributed by atoms with van der Waals surface area (Å²) in [6.45, 7) is 2.42. The van der Waals surface area contributed by atoms with E-state index < -0.39 is 0 Å². The summed E-state index contributed by atoms with van der Waals surface area (Å²) >= 11 is 0. The first-order chi connectivity index (χ1) is 9.81. The molecule has 2 aliphatic carbocycles. The SMILES string of the molecule is OCC1CCCC1CNC1CCOC2(CCCCC2)C1. The molecule has 0 aromatic rings. The second kappa shape index (κ2) is 6.76. The summed E-state index contributed by atoms with van der Waals surface area (Å²) in [5, 5.41) is 13.2. The van der Waals surface area contributed by atoms with Crippen LogP contribution < -0.4 is 5.32 Å². The molecule has 0 bridgehead atoms. The summed E-state index contributed by atoms with van der Waals surface area (Å²) in [6.07, 6.45) is 12.8. The largest absolute Gasteiger partial charge is 0.396 e. The van der Waals surface area contributed by atoms with E-state index in [1.807, 2.05) is 0 Å². The third-order valence-corrected chi connectivity index (χ3v) is 5.98. The Labute approximate surface area is 123 Å². The van der Waals surface area contributed by atoms with Crippen molar-refractivity contribution in [2.24, 2.45) is 11.8 Å². The monoisotopic (exact) mass is 281 g/mol. The summed E-state index contributed by atoms with van der Waals surface area (Å²) in [7, 11) is 0. The average Bonchev–Trinajstić information content (AvgIpc) is 2.93. The third kappa shape index (κ3) is 3.37. The van der Waals surface area contributed by atoms with Gasteiger partial charge >= 0.3 is 0 Å². The molecular weight excluding hydrogens is 250 g/mol. The number of nitrogens with one attached hydrogen (secondary N) is 1. The first-order valence-corrected chi connectivity index (χ1v) is 8.79. The Morgan fingerprint density at radius 2 is 1.80 bits per heavy atom. The molecule has 3 rings (SSSR count). The lowest BCUT2D eigenvalue weighted by Crippen LogP contribution is -2.49. The molecule has 3 atom stereocenters. The van der Waals surface area contributed by atoms with Crippen LogP contribution in [0.1, 0.15) is 64.2 Å². The van der Waals surface area contributed by atoms with Gasteiger partial charge in [0.15, 0.2) is 0 Å². The first-order valence-electron chi connectivity index (χ1n) is 8.79. The minimum Gasteiger partial charge on any atom is -0.396 e. The molecule has 116 valence electrons. The number of aliphatic hydroxyl groups is 1. The van der Waals surface area contributed by atoms with Crippen molar-refractivity contribution < 1.29 is 9.84 Å². The summed E-state index contributed by atoms with van der Waals surface area (Å²) in [5.41, 5.74) is 0.209. The first kappa shape index (κ1) is 14.8. The van der Waals surface area contributed by atoms with Crippen molar-refractivity contribution in [3.05, 3.63) is 0 Å². The van der Waals surface area contributed by atoms with E-state index in [9.17, 15) is 5.11 Å². The Morgan fingerprint density at radius 1 is 1.00 bits per heavy atom. The average molecular weight is 281 g/mol. The highest BCUT2D eigenvalue weighted by molar-refractivity contribution is 4.92. The molecule has 0 radical (unpaired) electrons. The highest BCUT2D eigenvalue weighted by atomic mass is 16.5. The van der Waals surface area contributed by atoms with Gasteiger partial charge in [0.2, 0.25) is 0 Å². The fraction of sp³-hybridized carbons (Fsp3) is 1.00. The summed E-state index contributed by atoms with van der Waals surface area (Å²) in [5.74, 6) is 1.25. The molecular formula is C17H31NO2. The fourth-order valence-corrected chi connectivity index (χ4v) is 4.69. The topological polar surface area (TPSA) is 41.5 Å². The molecule has 0 aromatic carbocycles. The molecule has 1 saturated heterocycles. The standard InChI is InChI=1S/C17H31NO2/c19-13-15-6-4-5-14(15)12-18-16-7-10-20-17(11-16)8-2-1-3-9-17/h14-16,18-19H,1-13H2. The minimum atomic E-state index is 0.209. The molecule has 0 aromatic heterocycles. The van der Waals surface area contributed by atoms with Gasteiger partial charge in [-0.15, -0.1) is 0 Å². The molecule has 2 saturated carbocycles. The fourth-order valence-electron chi connectivity index (χ4n) is 4.69. The maximum absolute atomic E-state index is 9.42. The van der Waals surface area contributed by atoms with Crippen LogP contribution in [0.25, 0.3) is 0 Å². The minimum absolute atomic E-state index is 0.209. The molecule has 1 aliphatic heterocycles. The van der Waals surface area contributed by atoms with Crippen molar-refractivity contribution >= 4 is 0 Å². The summed E-state index contributed by atoms with van der Waals surface area (Å²) in [6, 6.07) is 0.641. The second-order valence-corrected chi connectivity index (χ2v) is 7.32. The molecule has 2 N–H and O–H groups in total. The van der Waals surface area contributed by atoms with E-state index in [0.29, 0.717) is 24.5 Å². The smallest absolute Gasteiger partial charge is 0.0697 e. The number of ether oxygens (including phenoxy) is 1. The Bertz CT molecular complexity index is 296. The van der Waals surface area contributed by atoms with E-state index in [1.165, 1.54) is 57.8 Å². The lowest BCUT2D eigenvalue weighted by atomic mass is 9.78. The molecule has 1 heterocycles. The number of aliphatic hydroxyl groups excluding tert-OH is 1. The predicted molar refractivity (Wildman–Crippen MR) is 80.7 cm³/mol. The molecule has 3 unspecified atom stereocenters. The van der Waals surface area contributed by atoms with Gasteiger partial charge in [-0.2, -0.15) is 0 Å². The maximum atomic E-state index is 9.42. The van der Waals surface area contributed by atoms with Gasteiger partial charge in [0.05, 0.1) is 5.60 Å². The van der Waals surface area contributed by atoms with E-state index in [2.05, 4.69) is 5.32 Å². The number of hydrogen-bond acceptors (Lipinski definition) is 3. The molecule has 3 nitrogen and oxygen atoms in total. The Morgan fingerprint density at radius 3 is 2.60 bits per heavy atom. The van der Waals surface area contributed by atoms with Gasteiger partial charge in [-0.25, -0.2) is 0 Å². The van der Waals surface area contributed by atoms with Gasteiger partial charge in [-0.3, -0.25) is 0 Å². The highest BCUT2D eigenvalue weighted by Gasteiger charge is 2.38. The van der Waals surface area contributed by atoms with Crippen LogP contribution >= 0.6 is 0 Å². The van der Waals surface area contributed by atoms with Crippen molar-refractivity contribution in [1.82, 2.24) is 5.32 Å². The van der Waals surface area contributed by atoms with Gasteiger partial charge in [0, 0.05) is 19.3 Å². The predicted octanol–water partition coefficient (Wildman–Crippen LogP) is 2.87. The van der Waals surface area contributed by atoms with Crippen molar-refractivity contribution in [3.8, 4) is 0 Å². The zero-order chi connectivity index (χ0) is 13.8. The quantitative estimate of drug-likeness (QED) is 0.832. The molecule has 3 aliphatic rings. The van der Waals surface area contributed by atoms with Crippen LogP contribution in [0.2, 0.25) is 0 Å². The zero-order valence-electron chi connectivity index (χ0n) is 12.8. The lowest BCUT2D eigenvalue weighted by molar-refractivity contribution is -0.109. The van der Waals surface area contributed by atoms with Gasteiger partial charge in [-0.05, 0) is 56.9 Å². The zero-order valence-corrected chi connectivity index (χ0v) is 12.8. The van der Waals surface area contributed by atoms with Crippen LogP contribution in [0.15, 0.2) is 0 Å². The van der Waals surface area contributed by atoms with Gasteiger partial charge in [-0.1, -0.05) is 25.7 Å². The van der Waals surface area contributed by atoms with Crippen LogP contribution in [-0.4, -0.2) is 36.5 Å². The van der Waals surface area contributed by atoms with Crippen LogP contribution in [0.3, 0.4) is 0 Å². The van der Waals surface area contributed by atoms with Crippen molar-refractivity contribution in [2.45, 2.75) is 75.9 Å². The molecule has 3 heteroatoms. The van der Waals surface area contributed by atoms with Crippen LogP contribution in [0.5, 0.6) is 0 Å². The second-order valence-electron chi connectivity index (χ2n) is 7.32. The van der Waals surface area contributed by atoms with E-state index in [4.69, 9.17) is 4.74 Å². The summed E-state index contributed by atoms with van der Waals surface area (Å²) in [4.78, 5) is 0. The summed E-state index contributed by atoms with van der Waals surface area (Å²) < 4.78 is 6.17. The lowest BCUT2D eigenvalue weighted by Gasteiger charge is -2.44. The Hall–Kier alpha value is -0.120. The van der Waals surface area contributed by atoms with E-state index in [0.717, 1.165) is 19.6 Å². The van der Waals surface area contributed by atoms with E-state index >= 15 is 0 Å². The van der Waals surface area contributed by atoms with Crippen LogP contribution in [0.4, 0.5) is 0 Å². The third-order valence-electron chi connectivity index (χ3n) is 5.98.